The van der Waals surface area contributed by atoms with Gasteiger partial charge in [0, 0.05) is 11.3 Å². The lowest BCUT2D eigenvalue weighted by Gasteiger charge is -2.68. The van der Waals surface area contributed by atoms with Crippen LogP contribution in [0.15, 0.2) is 23.8 Å². The molecule has 1 unspecified atom stereocenters. The lowest BCUT2D eigenvalue weighted by Crippen LogP contribution is -2.64. The Balaban J connectivity index is 1.51. The van der Waals surface area contributed by atoms with E-state index in [-0.39, 0.29) is 46.4 Å². The summed E-state index contributed by atoms with van der Waals surface area (Å²) in [6.07, 6.45) is 3.35. The number of carbonyl (C=O) groups excluding carboxylic acids is 2. The molecule has 5 aliphatic rings. The summed E-state index contributed by atoms with van der Waals surface area (Å²) >= 11 is 0. The Kier molecular flexibility index (Phi) is 9.56. The molecule has 3 fully saturated rings. The molecule has 0 aromatic carbocycles. The highest BCUT2D eigenvalue weighted by atomic mass is 16.7. The minimum Gasteiger partial charge on any atom is -0.432 e. The number of ether oxygens (including phenoxy) is 2. The van der Waals surface area contributed by atoms with Crippen molar-refractivity contribution in [3.8, 4) is 0 Å². The summed E-state index contributed by atoms with van der Waals surface area (Å²) in [6, 6.07) is 0. The Bertz CT molecular complexity index is 1250. The lowest BCUT2D eigenvalue weighted by atomic mass is 9.36. The lowest BCUT2D eigenvalue weighted by molar-refractivity contribution is -0.295. The van der Waals surface area contributed by atoms with Crippen molar-refractivity contribution in [1.82, 2.24) is 0 Å². The van der Waals surface area contributed by atoms with E-state index in [4.69, 9.17) is 9.47 Å². The molecule has 1 saturated heterocycles. The largest absolute Gasteiger partial charge is 0.432 e. The first kappa shape index (κ1) is 35.6. The van der Waals surface area contributed by atoms with Gasteiger partial charge in [-0.05, 0) is 91.9 Å². The topological polar surface area (TPSA) is 174 Å². The number of aliphatic hydroxyl groups is 6. The first-order chi connectivity index (χ1) is 21.4. The third-order valence-corrected chi connectivity index (χ3v) is 14.1. The molecule has 4 aliphatic carbocycles. The number of allylic oxidation sites excluding steroid dienone is 3. The van der Waals surface area contributed by atoms with E-state index in [0.717, 1.165) is 24.8 Å². The molecule has 5 rings (SSSR count). The molecular weight excluding hydrogens is 592 g/mol. The maximum absolute atomic E-state index is 14.2. The Hall–Kier alpha value is -1.66. The van der Waals surface area contributed by atoms with Crippen LogP contribution in [0.4, 0.5) is 0 Å². The van der Waals surface area contributed by atoms with E-state index in [1.54, 1.807) is 0 Å². The molecule has 10 heteroatoms. The number of aliphatic hydroxyl groups excluding tert-OH is 6. The number of fused-ring (bicyclic) bond motifs is 5. The van der Waals surface area contributed by atoms with Crippen molar-refractivity contribution >= 4 is 11.8 Å². The molecule has 6 N–H and O–H groups in total. The molecule has 0 radical (unpaired) electrons. The molecule has 0 bridgehead atoms. The zero-order valence-corrected chi connectivity index (χ0v) is 28.3. The highest BCUT2D eigenvalue weighted by Gasteiger charge is 2.66. The van der Waals surface area contributed by atoms with E-state index in [9.17, 15) is 40.2 Å². The summed E-state index contributed by atoms with van der Waals surface area (Å²) in [6.45, 7) is 11.7. The van der Waals surface area contributed by atoms with Gasteiger partial charge in [0.05, 0.1) is 24.7 Å². The second kappa shape index (κ2) is 12.3. The number of Topliss-reactive ketones (excluding diaryl/α,β-unsaturated/α-hetero) is 1. The van der Waals surface area contributed by atoms with Crippen molar-refractivity contribution in [3.63, 3.8) is 0 Å². The van der Waals surface area contributed by atoms with Crippen molar-refractivity contribution in [3.05, 3.63) is 23.8 Å². The van der Waals surface area contributed by atoms with E-state index in [1.807, 2.05) is 19.9 Å². The maximum Gasteiger partial charge on any atom is 0.318 e. The molecule has 0 spiro atoms. The van der Waals surface area contributed by atoms with Crippen LogP contribution in [0.5, 0.6) is 0 Å². The molecule has 2 saturated carbocycles. The summed E-state index contributed by atoms with van der Waals surface area (Å²) in [4.78, 5) is 26.4. The average Bonchev–Trinajstić information content (AvgIpc) is 3.02. The molecule has 14 atom stereocenters. The van der Waals surface area contributed by atoms with Crippen molar-refractivity contribution in [2.24, 2.45) is 44.8 Å². The van der Waals surface area contributed by atoms with E-state index in [1.165, 1.54) is 6.92 Å². The highest BCUT2D eigenvalue weighted by Crippen LogP contribution is 2.72. The predicted octanol–water partition coefficient (Wildman–Crippen LogP) is 2.81. The first-order valence-corrected chi connectivity index (χ1v) is 17.2. The summed E-state index contributed by atoms with van der Waals surface area (Å²) in [5, 5.41) is 62.3. The van der Waals surface area contributed by atoms with Gasteiger partial charge in [-0.15, -0.1) is 0 Å². The minimum absolute atomic E-state index is 0.0242. The van der Waals surface area contributed by atoms with Crippen LogP contribution in [-0.4, -0.2) is 92.4 Å². The summed E-state index contributed by atoms with van der Waals surface area (Å²) in [5.74, 6) is -0.528. The molecular formula is C36H56O10. The van der Waals surface area contributed by atoms with Gasteiger partial charge in [-0.1, -0.05) is 52.8 Å². The van der Waals surface area contributed by atoms with Gasteiger partial charge in [-0.3, -0.25) is 9.59 Å². The monoisotopic (exact) mass is 648 g/mol. The van der Waals surface area contributed by atoms with Gasteiger partial charge in [0.15, 0.2) is 0 Å². The van der Waals surface area contributed by atoms with Gasteiger partial charge in [-0.25, -0.2) is 0 Å². The van der Waals surface area contributed by atoms with Crippen LogP contribution in [0.1, 0.15) is 92.9 Å². The van der Waals surface area contributed by atoms with E-state index >= 15 is 0 Å². The predicted molar refractivity (Wildman–Crippen MR) is 169 cm³/mol. The number of hydrogen-bond acceptors (Lipinski definition) is 10. The van der Waals surface area contributed by atoms with Gasteiger partial charge in [0.2, 0.25) is 6.29 Å². The zero-order chi connectivity index (χ0) is 34.0. The zero-order valence-electron chi connectivity index (χ0n) is 28.3. The van der Waals surface area contributed by atoms with Crippen LogP contribution < -0.4 is 0 Å². The first-order valence-electron chi connectivity index (χ1n) is 17.2. The fourth-order valence-electron chi connectivity index (χ4n) is 10.3. The molecule has 0 aromatic rings. The van der Waals surface area contributed by atoms with Crippen LogP contribution in [-0.2, 0) is 19.1 Å². The van der Waals surface area contributed by atoms with E-state index in [2.05, 4.69) is 32.9 Å². The Morgan fingerprint density at radius 1 is 0.978 bits per heavy atom. The number of rotatable bonds is 8. The molecule has 46 heavy (non-hydrogen) atoms. The smallest absolute Gasteiger partial charge is 0.318 e. The second-order valence-corrected chi connectivity index (χ2v) is 16.3. The Labute approximate surface area is 272 Å². The average molecular weight is 649 g/mol. The second-order valence-electron chi connectivity index (χ2n) is 16.3. The third kappa shape index (κ3) is 5.26. The van der Waals surface area contributed by atoms with Crippen molar-refractivity contribution < 1.29 is 49.7 Å². The summed E-state index contributed by atoms with van der Waals surface area (Å²) in [7, 11) is 0. The van der Waals surface area contributed by atoms with Crippen LogP contribution in [0, 0.1) is 44.8 Å². The number of esters is 1. The van der Waals surface area contributed by atoms with Gasteiger partial charge < -0.3 is 40.1 Å². The Morgan fingerprint density at radius 3 is 2.30 bits per heavy atom. The van der Waals surface area contributed by atoms with Crippen molar-refractivity contribution in [2.45, 2.75) is 130 Å². The SMILES string of the molecule is CC(=O)C(C)CC[C@@]1(C(=O)O[C@@H]2O[C@H](CO)[C@@H](O)[C@H](O)[C@H]2O)C=C2C=C[C@@H]3[C@@]4(C)CC[C@H](O)[C@@](C)(CO)[C@@H]4CC[C@@]3(C)[C@]2(C)CC1. The van der Waals surface area contributed by atoms with Crippen LogP contribution >= 0.6 is 0 Å². The Morgan fingerprint density at radius 2 is 1.67 bits per heavy atom. The fraction of sp³-hybridized carbons (Fsp3) is 0.833. The fourth-order valence-corrected chi connectivity index (χ4v) is 10.3. The molecule has 1 heterocycles. The minimum atomic E-state index is -1.71. The van der Waals surface area contributed by atoms with Crippen LogP contribution in [0.2, 0.25) is 0 Å². The van der Waals surface area contributed by atoms with Crippen LogP contribution in [0.3, 0.4) is 0 Å². The normalized spacial score (nSPS) is 49.2. The molecule has 260 valence electrons. The number of hydrogen-bond donors (Lipinski definition) is 6. The molecule has 10 nitrogen and oxygen atoms in total. The quantitative estimate of drug-likeness (QED) is 0.215. The van der Waals surface area contributed by atoms with Crippen molar-refractivity contribution in [2.75, 3.05) is 13.2 Å². The standard InChI is InChI=1S/C36H56O10/c1-20(21(2)39)9-14-36(31(44)46-30-29(43)28(42)27(41)23(18-37)45-30)16-15-34(5)22(17-36)7-8-25-32(3)12-11-26(40)33(4,19-38)24(32)10-13-35(25,34)6/h7-8,17,20,23-30,37-38,40-43H,9-16,18-19H2,1-6H3/t20?,23-,24-,25-,26+,27-,28+,29-,30+,32+,33+,34-,35-,36+/m1/s1. The number of ketones is 1. The van der Waals surface area contributed by atoms with Crippen molar-refractivity contribution in [1.29, 1.82) is 0 Å². The van der Waals surface area contributed by atoms with E-state index in [0.29, 0.717) is 32.1 Å². The van der Waals surface area contributed by atoms with Gasteiger partial charge >= 0.3 is 5.97 Å². The van der Waals surface area contributed by atoms with Gasteiger partial charge in [0.1, 0.15) is 30.2 Å². The third-order valence-electron chi connectivity index (χ3n) is 14.1. The number of carbonyl (C=O) groups is 2. The summed E-state index contributed by atoms with van der Waals surface area (Å²) < 4.78 is 11.3. The van der Waals surface area contributed by atoms with Crippen LogP contribution in [0.25, 0.3) is 0 Å². The highest BCUT2D eigenvalue weighted by molar-refractivity contribution is 5.81. The van der Waals surface area contributed by atoms with Gasteiger partial charge in [-0.2, -0.15) is 0 Å². The van der Waals surface area contributed by atoms with E-state index < -0.39 is 60.2 Å². The van der Waals surface area contributed by atoms with Gasteiger partial charge in [0.25, 0.3) is 0 Å². The molecule has 0 aromatic heterocycles. The molecule has 1 aliphatic heterocycles. The maximum atomic E-state index is 14.2. The summed E-state index contributed by atoms with van der Waals surface area (Å²) in [5.41, 5.74) is -1.23. The molecule has 0 amide bonds.